The van der Waals surface area contributed by atoms with Gasteiger partial charge in [0.15, 0.2) is 17.5 Å². The van der Waals surface area contributed by atoms with Crippen molar-refractivity contribution in [3.8, 4) is 11.5 Å². The van der Waals surface area contributed by atoms with Gasteiger partial charge >= 0.3 is 0 Å². The van der Waals surface area contributed by atoms with Crippen LogP contribution in [0.3, 0.4) is 0 Å². The van der Waals surface area contributed by atoms with Crippen LogP contribution < -0.4 is 20.1 Å². The molecule has 2 rings (SSSR count). The number of nitrogens with one attached hydrogen (secondary N) is 2. The number of hydrogen-bond acceptors (Lipinski definition) is 5. The lowest BCUT2D eigenvalue weighted by atomic mass is 10.1. The van der Waals surface area contributed by atoms with Crippen molar-refractivity contribution in [2.75, 3.05) is 33.4 Å². The van der Waals surface area contributed by atoms with Crippen LogP contribution >= 0.6 is 11.3 Å². The van der Waals surface area contributed by atoms with Crippen molar-refractivity contribution < 1.29 is 9.47 Å². The molecule has 0 spiro atoms. The highest BCUT2D eigenvalue weighted by molar-refractivity contribution is 7.11. The molecule has 154 valence electrons. The topological polar surface area (TPSA) is 67.8 Å². The van der Waals surface area contributed by atoms with Crippen molar-refractivity contribution in [2.24, 2.45) is 4.99 Å². The van der Waals surface area contributed by atoms with Crippen LogP contribution in [0.1, 0.15) is 35.0 Å². The van der Waals surface area contributed by atoms with Gasteiger partial charge in [0, 0.05) is 31.4 Å². The Morgan fingerprint density at radius 1 is 1.04 bits per heavy atom. The zero-order chi connectivity index (χ0) is 20.4. The van der Waals surface area contributed by atoms with E-state index in [1.807, 2.05) is 26.8 Å². The second kappa shape index (κ2) is 11.5. The summed E-state index contributed by atoms with van der Waals surface area (Å²) in [5.41, 5.74) is 2.33. The molecule has 0 aliphatic carbocycles. The number of ether oxygens (including phenoxy) is 2. The molecular formula is C21H32N4O2S. The summed E-state index contributed by atoms with van der Waals surface area (Å²) in [5.74, 6) is 2.42. The predicted molar refractivity (Wildman–Crippen MR) is 117 cm³/mol. The van der Waals surface area contributed by atoms with Crippen LogP contribution in [0, 0.1) is 13.8 Å². The lowest BCUT2D eigenvalue weighted by molar-refractivity contribution is 0.287. The minimum Gasteiger partial charge on any atom is -0.490 e. The van der Waals surface area contributed by atoms with Crippen molar-refractivity contribution in [1.82, 2.24) is 15.6 Å². The van der Waals surface area contributed by atoms with Gasteiger partial charge in [-0.3, -0.25) is 4.99 Å². The smallest absolute Gasteiger partial charge is 0.190 e. The van der Waals surface area contributed by atoms with Gasteiger partial charge in [0.05, 0.1) is 23.9 Å². The number of benzene rings is 1. The Morgan fingerprint density at radius 3 is 2.32 bits per heavy atom. The zero-order valence-electron chi connectivity index (χ0n) is 17.6. The van der Waals surface area contributed by atoms with Crippen LogP contribution in [0.4, 0.5) is 0 Å². The number of hydrogen-bond donors (Lipinski definition) is 2. The van der Waals surface area contributed by atoms with Crippen molar-refractivity contribution in [3.63, 3.8) is 0 Å². The maximum absolute atomic E-state index is 5.70. The highest BCUT2D eigenvalue weighted by Crippen LogP contribution is 2.28. The maximum Gasteiger partial charge on any atom is 0.190 e. The van der Waals surface area contributed by atoms with Crippen molar-refractivity contribution in [3.05, 3.63) is 39.3 Å². The average Bonchev–Trinajstić information content (AvgIpc) is 3.00. The van der Waals surface area contributed by atoms with E-state index in [2.05, 4.69) is 39.7 Å². The first-order chi connectivity index (χ1) is 13.6. The summed E-state index contributed by atoms with van der Waals surface area (Å²) in [6.45, 7) is 10.9. The maximum atomic E-state index is 5.70. The quantitative estimate of drug-likeness (QED) is 0.469. The van der Waals surface area contributed by atoms with Crippen molar-refractivity contribution in [2.45, 2.75) is 40.5 Å². The molecule has 0 bridgehead atoms. The lowest BCUT2D eigenvalue weighted by Gasteiger charge is -2.14. The fourth-order valence-corrected chi connectivity index (χ4v) is 3.83. The van der Waals surface area contributed by atoms with Gasteiger partial charge in [-0.1, -0.05) is 6.07 Å². The molecule has 2 aromatic rings. The van der Waals surface area contributed by atoms with Crippen LogP contribution in [0.25, 0.3) is 0 Å². The normalized spacial score (nSPS) is 11.4. The molecule has 0 amide bonds. The van der Waals surface area contributed by atoms with Gasteiger partial charge < -0.3 is 20.1 Å². The van der Waals surface area contributed by atoms with E-state index in [0.717, 1.165) is 54.1 Å². The van der Waals surface area contributed by atoms with Crippen LogP contribution in [-0.4, -0.2) is 44.3 Å². The Hall–Kier alpha value is -2.28. The van der Waals surface area contributed by atoms with Gasteiger partial charge in [-0.25, -0.2) is 4.98 Å². The predicted octanol–water partition coefficient (Wildman–Crippen LogP) is 3.51. The SMILES string of the molecule is CCOc1ccc(CCNC(=NC)NCCc2sc(C)nc2C)cc1OCC. The molecule has 1 aromatic carbocycles. The summed E-state index contributed by atoms with van der Waals surface area (Å²) in [6.07, 6.45) is 1.83. The number of aliphatic imine (C=N–C) groups is 1. The third-order valence-corrected chi connectivity index (χ3v) is 5.31. The molecule has 7 heteroatoms. The fourth-order valence-electron chi connectivity index (χ4n) is 2.90. The second-order valence-electron chi connectivity index (χ2n) is 6.31. The Kier molecular flexibility index (Phi) is 9.07. The molecule has 2 N–H and O–H groups in total. The summed E-state index contributed by atoms with van der Waals surface area (Å²) in [4.78, 5) is 10.1. The first kappa shape index (κ1) is 22.0. The standard InChI is InChI=1S/C21H32N4O2S/c1-6-26-18-9-8-17(14-19(18)27-7-2)10-12-23-21(22-5)24-13-11-20-15(3)25-16(4)28-20/h8-9,14H,6-7,10-13H2,1-5H3,(H2,22,23,24). The zero-order valence-corrected chi connectivity index (χ0v) is 18.4. The molecule has 0 radical (unpaired) electrons. The second-order valence-corrected chi connectivity index (χ2v) is 7.60. The van der Waals surface area contributed by atoms with Crippen molar-refractivity contribution >= 4 is 17.3 Å². The van der Waals surface area contributed by atoms with E-state index in [1.54, 1.807) is 18.4 Å². The molecule has 0 fully saturated rings. The van der Waals surface area contributed by atoms with E-state index >= 15 is 0 Å². The van der Waals surface area contributed by atoms with Crippen LogP contribution in [0.5, 0.6) is 11.5 Å². The van der Waals surface area contributed by atoms with Gasteiger partial charge in [-0.05, 0) is 51.8 Å². The molecular weight excluding hydrogens is 372 g/mol. The summed E-state index contributed by atoms with van der Waals surface area (Å²) in [5, 5.41) is 7.86. The van der Waals surface area contributed by atoms with E-state index in [0.29, 0.717) is 13.2 Å². The minimum absolute atomic E-state index is 0.622. The highest BCUT2D eigenvalue weighted by atomic mass is 32.1. The highest BCUT2D eigenvalue weighted by Gasteiger charge is 2.07. The molecule has 28 heavy (non-hydrogen) atoms. The van der Waals surface area contributed by atoms with Gasteiger partial charge in [-0.2, -0.15) is 0 Å². The molecule has 0 aliphatic heterocycles. The fraction of sp³-hybridized carbons (Fsp3) is 0.524. The van der Waals surface area contributed by atoms with E-state index in [4.69, 9.17) is 9.47 Å². The number of thiazole rings is 1. The summed E-state index contributed by atoms with van der Waals surface area (Å²) < 4.78 is 11.3. The van der Waals surface area contributed by atoms with Crippen LogP contribution in [0.2, 0.25) is 0 Å². The number of nitrogens with zero attached hydrogens (tertiary/aromatic N) is 2. The molecule has 0 aliphatic rings. The Balaban J connectivity index is 1.80. The van der Waals surface area contributed by atoms with E-state index in [-0.39, 0.29) is 0 Å². The van der Waals surface area contributed by atoms with Crippen molar-refractivity contribution in [1.29, 1.82) is 0 Å². The van der Waals surface area contributed by atoms with Gasteiger partial charge in [0.1, 0.15) is 0 Å². The summed E-state index contributed by atoms with van der Waals surface area (Å²) >= 11 is 1.77. The Labute approximate surface area is 172 Å². The van der Waals surface area contributed by atoms with Gasteiger partial charge in [-0.15, -0.1) is 11.3 Å². The first-order valence-corrected chi connectivity index (χ1v) is 10.6. The summed E-state index contributed by atoms with van der Waals surface area (Å²) in [6, 6.07) is 6.12. The first-order valence-electron chi connectivity index (χ1n) is 9.83. The molecule has 0 unspecified atom stereocenters. The third-order valence-electron chi connectivity index (χ3n) is 4.18. The van der Waals surface area contributed by atoms with Gasteiger partial charge in [0.2, 0.25) is 0 Å². The minimum atomic E-state index is 0.622. The van der Waals surface area contributed by atoms with Crippen LogP contribution in [0.15, 0.2) is 23.2 Å². The van der Waals surface area contributed by atoms with Crippen LogP contribution in [-0.2, 0) is 12.8 Å². The monoisotopic (exact) mass is 404 g/mol. The molecule has 0 saturated carbocycles. The van der Waals surface area contributed by atoms with E-state index in [1.165, 1.54) is 10.4 Å². The number of aromatic nitrogens is 1. The molecule has 1 heterocycles. The van der Waals surface area contributed by atoms with E-state index in [9.17, 15) is 0 Å². The third kappa shape index (κ3) is 6.71. The molecule has 0 atom stereocenters. The lowest BCUT2D eigenvalue weighted by Crippen LogP contribution is -2.39. The average molecular weight is 405 g/mol. The number of rotatable bonds is 10. The molecule has 0 saturated heterocycles. The molecule has 6 nitrogen and oxygen atoms in total. The van der Waals surface area contributed by atoms with Gasteiger partial charge in [0.25, 0.3) is 0 Å². The number of guanidine groups is 1. The summed E-state index contributed by atoms with van der Waals surface area (Å²) in [7, 11) is 1.79. The molecule has 1 aromatic heterocycles. The Bertz CT molecular complexity index is 774. The number of aryl methyl sites for hydroxylation is 2. The Morgan fingerprint density at radius 2 is 1.71 bits per heavy atom. The largest absolute Gasteiger partial charge is 0.490 e. The van der Waals surface area contributed by atoms with E-state index < -0.39 is 0 Å².